The summed E-state index contributed by atoms with van der Waals surface area (Å²) in [4.78, 5) is 23.1. The Morgan fingerprint density at radius 2 is 1.76 bits per heavy atom. The van der Waals surface area contributed by atoms with E-state index in [-0.39, 0.29) is 22.7 Å². The summed E-state index contributed by atoms with van der Waals surface area (Å²) in [6.45, 7) is 2.07. The van der Waals surface area contributed by atoms with Crippen LogP contribution in [0.1, 0.15) is 112 Å². The van der Waals surface area contributed by atoms with E-state index in [0.717, 1.165) is 98.6 Å². The Labute approximate surface area is 251 Å². The van der Waals surface area contributed by atoms with E-state index in [1.807, 2.05) is 0 Å². The zero-order chi connectivity index (χ0) is 28.3. The zero-order valence-corrected chi connectivity index (χ0v) is 25.4. The summed E-state index contributed by atoms with van der Waals surface area (Å²) in [7, 11) is 0. The smallest absolute Gasteiger partial charge is 0.232 e. The summed E-state index contributed by atoms with van der Waals surface area (Å²) in [5.41, 5.74) is 6.10. The predicted molar refractivity (Wildman–Crippen MR) is 167 cm³/mol. The molecule has 2 heterocycles. The number of hydrogen-bond donors (Lipinski definition) is 1. The first-order valence-electron chi connectivity index (χ1n) is 16.1. The average Bonchev–Trinajstić information content (AvgIpc) is 3.62. The van der Waals surface area contributed by atoms with Crippen molar-refractivity contribution in [1.82, 2.24) is 15.1 Å². The van der Waals surface area contributed by atoms with Crippen molar-refractivity contribution in [2.24, 2.45) is 11.3 Å². The summed E-state index contributed by atoms with van der Waals surface area (Å²) in [6.07, 6.45) is 15.8. The van der Waals surface area contributed by atoms with Gasteiger partial charge >= 0.3 is 0 Å². The number of benzene rings is 2. The van der Waals surface area contributed by atoms with E-state index in [2.05, 4.69) is 53.8 Å². The molecule has 0 radical (unpaired) electrons. The fourth-order valence-electron chi connectivity index (χ4n) is 8.15. The van der Waals surface area contributed by atoms with Crippen molar-refractivity contribution >= 4 is 33.1 Å². The number of hydrogen-bond acceptors (Lipinski definition) is 6. The molecule has 42 heavy (non-hydrogen) atoms. The normalized spacial score (nSPS) is 26.1. The molecule has 218 valence electrons. The molecule has 5 saturated carbocycles. The molecule has 5 aliphatic rings. The van der Waals surface area contributed by atoms with Crippen molar-refractivity contribution in [3.8, 4) is 11.1 Å². The standard InChI is InChI=1S/C35H40N4O2S/c1-22-36-29-13-12-25(20-30(29)42-22)26-8-5-9-28(37-32(40)24-6-3-2-4-7-24)27(26)21-34-14-17-35(18-15-34,19-16-34)33-38-31(39-41-33)23-10-11-23/h5,8-9,12-13,20,23-24H,2-4,6-7,10-11,14-19,21H2,1H3,(H,37,40). The van der Waals surface area contributed by atoms with Crippen LogP contribution in [-0.2, 0) is 16.6 Å². The number of nitrogens with zero attached hydrogens (tertiary/aromatic N) is 3. The molecule has 5 fully saturated rings. The Bertz CT molecular complexity index is 1620. The van der Waals surface area contributed by atoms with E-state index >= 15 is 0 Å². The van der Waals surface area contributed by atoms with Gasteiger partial charge in [-0.25, -0.2) is 4.98 Å². The Hall–Kier alpha value is -3.06. The van der Waals surface area contributed by atoms with E-state index in [1.165, 1.54) is 40.7 Å². The Morgan fingerprint density at radius 3 is 2.52 bits per heavy atom. The molecule has 5 aliphatic carbocycles. The SMILES string of the molecule is Cc1nc2ccc(-c3cccc(NC(=O)C4CCCCC4)c3CC34CCC(c5nc(C6CC6)no5)(CC3)CC4)cc2s1. The predicted octanol–water partition coefficient (Wildman–Crippen LogP) is 8.89. The molecule has 6 nitrogen and oxygen atoms in total. The number of fused-ring (bicyclic) bond motifs is 4. The lowest BCUT2D eigenvalue weighted by Crippen LogP contribution is -2.45. The molecule has 0 aliphatic heterocycles. The van der Waals surface area contributed by atoms with Gasteiger partial charge in [0.15, 0.2) is 5.82 Å². The van der Waals surface area contributed by atoms with Crippen LogP contribution in [0.4, 0.5) is 5.69 Å². The Morgan fingerprint density at radius 1 is 0.976 bits per heavy atom. The number of thiazole rings is 1. The first-order valence-corrected chi connectivity index (χ1v) is 17.0. The number of rotatable bonds is 7. The third kappa shape index (κ3) is 4.78. The third-order valence-corrected chi connectivity index (χ3v) is 11.9. The second-order valence-corrected chi connectivity index (χ2v) is 15.0. The highest BCUT2D eigenvalue weighted by Crippen LogP contribution is 2.59. The van der Waals surface area contributed by atoms with Gasteiger partial charge < -0.3 is 9.84 Å². The molecular formula is C35H40N4O2S. The average molecular weight is 581 g/mol. The fraction of sp³-hybridized carbons (Fsp3) is 0.543. The Kier molecular flexibility index (Phi) is 6.51. The highest BCUT2D eigenvalue weighted by Gasteiger charge is 2.52. The highest BCUT2D eigenvalue weighted by molar-refractivity contribution is 7.18. The molecule has 0 atom stereocenters. The van der Waals surface area contributed by atoms with Gasteiger partial charge in [0, 0.05) is 22.9 Å². The van der Waals surface area contributed by atoms with Gasteiger partial charge in [-0.3, -0.25) is 4.79 Å². The molecule has 1 N–H and O–H groups in total. The van der Waals surface area contributed by atoms with Gasteiger partial charge in [0.2, 0.25) is 11.8 Å². The number of aryl methyl sites for hydroxylation is 1. The molecule has 2 bridgehead atoms. The van der Waals surface area contributed by atoms with Crippen molar-refractivity contribution in [2.45, 2.75) is 108 Å². The second-order valence-electron chi connectivity index (χ2n) is 13.8. The minimum atomic E-state index is 0.0501. The molecule has 9 rings (SSSR count). The van der Waals surface area contributed by atoms with E-state index in [4.69, 9.17) is 14.5 Å². The van der Waals surface area contributed by atoms with Crippen LogP contribution in [0.2, 0.25) is 0 Å². The molecule has 0 saturated heterocycles. The van der Waals surface area contributed by atoms with Crippen molar-refractivity contribution < 1.29 is 9.32 Å². The maximum atomic E-state index is 13.5. The minimum Gasteiger partial charge on any atom is -0.339 e. The minimum absolute atomic E-state index is 0.0501. The van der Waals surface area contributed by atoms with E-state index in [0.29, 0.717) is 5.92 Å². The number of carbonyl (C=O) groups excluding carboxylic acids is 1. The molecule has 2 aromatic carbocycles. The number of anilines is 1. The topological polar surface area (TPSA) is 80.9 Å². The highest BCUT2D eigenvalue weighted by atomic mass is 32.1. The van der Waals surface area contributed by atoms with Gasteiger partial charge in [0.05, 0.1) is 15.2 Å². The molecule has 2 aromatic heterocycles. The van der Waals surface area contributed by atoms with Crippen LogP contribution in [0.3, 0.4) is 0 Å². The van der Waals surface area contributed by atoms with Crippen LogP contribution < -0.4 is 5.32 Å². The first-order chi connectivity index (χ1) is 20.5. The molecule has 1 amide bonds. The summed E-state index contributed by atoms with van der Waals surface area (Å²) < 4.78 is 7.12. The number of nitrogens with one attached hydrogen (secondary N) is 1. The first kappa shape index (κ1) is 26.6. The number of amides is 1. The van der Waals surface area contributed by atoms with E-state index < -0.39 is 0 Å². The van der Waals surface area contributed by atoms with Gasteiger partial charge in [-0.2, -0.15) is 4.98 Å². The Balaban J connectivity index is 1.11. The summed E-state index contributed by atoms with van der Waals surface area (Å²) in [5.74, 6) is 2.68. The largest absolute Gasteiger partial charge is 0.339 e. The van der Waals surface area contributed by atoms with E-state index in [1.54, 1.807) is 11.3 Å². The lowest BCUT2D eigenvalue weighted by molar-refractivity contribution is -0.120. The molecule has 4 aromatic rings. The van der Waals surface area contributed by atoms with Crippen LogP contribution in [0.15, 0.2) is 40.9 Å². The van der Waals surface area contributed by atoms with Crippen LogP contribution in [0, 0.1) is 18.3 Å². The lowest BCUT2D eigenvalue weighted by atomic mass is 9.52. The second kappa shape index (κ2) is 10.3. The van der Waals surface area contributed by atoms with Gasteiger partial charge in [0.1, 0.15) is 0 Å². The summed E-state index contributed by atoms with van der Waals surface area (Å²) >= 11 is 1.75. The van der Waals surface area contributed by atoms with Crippen LogP contribution >= 0.6 is 11.3 Å². The molecular weight excluding hydrogens is 540 g/mol. The van der Waals surface area contributed by atoms with Crippen molar-refractivity contribution in [3.05, 3.63) is 58.7 Å². The lowest BCUT2D eigenvalue weighted by Gasteiger charge is -2.52. The summed E-state index contributed by atoms with van der Waals surface area (Å²) in [5, 5.41) is 8.90. The molecule has 7 heteroatoms. The van der Waals surface area contributed by atoms with Crippen LogP contribution in [0.5, 0.6) is 0 Å². The number of carbonyl (C=O) groups is 1. The third-order valence-electron chi connectivity index (χ3n) is 11.0. The van der Waals surface area contributed by atoms with Gasteiger partial charge in [-0.05, 0) is 118 Å². The van der Waals surface area contributed by atoms with E-state index in [9.17, 15) is 4.79 Å². The quantitative estimate of drug-likeness (QED) is 0.236. The fourth-order valence-corrected chi connectivity index (χ4v) is 9.02. The maximum Gasteiger partial charge on any atom is 0.232 e. The monoisotopic (exact) mass is 580 g/mol. The number of aromatic nitrogens is 3. The maximum absolute atomic E-state index is 13.5. The van der Waals surface area contributed by atoms with Gasteiger partial charge in [-0.1, -0.05) is 42.6 Å². The van der Waals surface area contributed by atoms with Crippen molar-refractivity contribution in [2.75, 3.05) is 5.32 Å². The van der Waals surface area contributed by atoms with Crippen LogP contribution in [0.25, 0.3) is 21.3 Å². The van der Waals surface area contributed by atoms with Crippen molar-refractivity contribution in [1.29, 1.82) is 0 Å². The van der Waals surface area contributed by atoms with Crippen molar-refractivity contribution in [3.63, 3.8) is 0 Å². The zero-order valence-electron chi connectivity index (χ0n) is 24.6. The van der Waals surface area contributed by atoms with Crippen LogP contribution in [-0.4, -0.2) is 21.0 Å². The van der Waals surface area contributed by atoms with Gasteiger partial charge in [-0.15, -0.1) is 11.3 Å². The molecule has 0 unspecified atom stereocenters. The summed E-state index contributed by atoms with van der Waals surface area (Å²) in [6, 6.07) is 13.2. The van der Waals surface area contributed by atoms with Gasteiger partial charge in [0.25, 0.3) is 0 Å². The molecule has 0 spiro atoms.